The normalized spacial score (nSPS) is 11.3. The average Bonchev–Trinajstić information content (AvgIpc) is 2.19. The highest BCUT2D eigenvalue weighted by Gasteiger charge is 2.08. The van der Waals surface area contributed by atoms with Gasteiger partial charge in [0.05, 0.1) is 5.69 Å². The van der Waals surface area contributed by atoms with Gasteiger partial charge in [0, 0.05) is 0 Å². The number of hydrogen-bond donors (Lipinski definition) is 1. The molecule has 0 saturated heterocycles. The van der Waals surface area contributed by atoms with Crippen molar-refractivity contribution in [2.24, 2.45) is 0 Å². The Morgan fingerprint density at radius 3 is 2.36 bits per heavy atom. The molecule has 0 amide bonds. The predicted molar refractivity (Wildman–Crippen MR) is 63.5 cm³/mol. The first-order valence-electron chi connectivity index (χ1n) is 3.99. The topological polar surface area (TPSA) is 55.4 Å². The highest BCUT2D eigenvalue weighted by molar-refractivity contribution is 14.1. The molecule has 0 atom stereocenters. The van der Waals surface area contributed by atoms with Gasteiger partial charge in [0.2, 0.25) is 0 Å². The Morgan fingerprint density at radius 2 is 1.93 bits per heavy atom. The minimum atomic E-state index is -3.66. The van der Waals surface area contributed by atoms with Crippen LogP contribution in [0.15, 0.2) is 24.3 Å². The van der Waals surface area contributed by atoms with Gasteiger partial charge < -0.3 is 0 Å². The second kappa shape index (κ2) is 4.94. The van der Waals surface area contributed by atoms with Crippen molar-refractivity contribution in [3.05, 3.63) is 29.8 Å². The van der Waals surface area contributed by atoms with E-state index in [2.05, 4.69) is 7.23 Å². The van der Waals surface area contributed by atoms with E-state index in [-0.39, 0.29) is 0 Å². The van der Waals surface area contributed by atoms with Gasteiger partial charge in [-0.05, 0) is 24.1 Å². The predicted octanol–water partition coefficient (Wildman–Crippen LogP) is 2.27. The Kier molecular flexibility index (Phi) is 4.14. The zero-order chi connectivity index (χ0) is 10.6. The smallest absolute Gasteiger partial charge is 0.260 e. The maximum absolute atomic E-state index is 11.0. The van der Waals surface area contributed by atoms with E-state index in [4.69, 9.17) is 0 Å². The molecule has 0 heterocycles. The summed E-state index contributed by atoms with van der Waals surface area (Å²) in [6, 6.07) is 7.13. The molecule has 0 bridgehead atoms. The molecule has 1 aromatic rings. The van der Waals surface area contributed by atoms with Gasteiger partial charge >= 0.3 is 10.3 Å². The van der Waals surface area contributed by atoms with Crippen LogP contribution in [0.1, 0.15) is 12.5 Å². The summed E-state index contributed by atoms with van der Waals surface area (Å²) in [6.07, 6.45) is 0.926. The molecule has 0 radical (unpaired) electrons. The van der Waals surface area contributed by atoms with Crippen molar-refractivity contribution in [1.82, 2.24) is 0 Å². The van der Waals surface area contributed by atoms with Gasteiger partial charge in [0.25, 0.3) is 0 Å². The lowest BCUT2D eigenvalue weighted by molar-refractivity contribution is 0.543. The third-order valence-corrected chi connectivity index (χ3v) is 3.76. The first kappa shape index (κ1) is 11.7. The van der Waals surface area contributed by atoms with Crippen molar-refractivity contribution < 1.29 is 10.9 Å². The number of aryl methyl sites for hydroxylation is 1. The standard InChI is InChI=1S/C8H10INO3S/c1-2-7-3-5-8(6-4-7)10-14(11,12)13-9/h3-6,10H,2H2,1H3. The fourth-order valence-electron chi connectivity index (χ4n) is 0.969. The summed E-state index contributed by atoms with van der Waals surface area (Å²) in [5.74, 6) is 0. The van der Waals surface area contributed by atoms with Crippen LogP contribution in [0, 0.1) is 0 Å². The van der Waals surface area contributed by atoms with E-state index < -0.39 is 10.3 Å². The fourth-order valence-corrected chi connectivity index (χ4v) is 1.69. The molecular weight excluding hydrogens is 317 g/mol. The van der Waals surface area contributed by atoms with Crippen molar-refractivity contribution in [2.75, 3.05) is 4.72 Å². The summed E-state index contributed by atoms with van der Waals surface area (Å²) in [5, 5.41) is 0. The van der Waals surface area contributed by atoms with Gasteiger partial charge in [-0.3, -0.25) is 4.72 Å². The van der Waals surface area contributed by atoms with E-state index >= 15 is 0 Å². The van der Waals surface area contributed by atoms with Gasteiger partial charge in [-0.15, -0.1) is 0 Å². The van der Waals surface area contributed by atoms with Gasteiger partial charge in [-0.25, -0.2) is 0 Å². The number of anilines is 1. The van der Waals surface area contributed by atoms with Crippen molar-refractivity contribution in [3.63, 3.8) is 0 Å². The van der Waals surface area contributed by atoms with Crippen LogP contribution < -0.4 is 4.72 Å². The van der Waals surface area contributed by atoms with Crippen LogP contribution in [-0.2, 0) is 19.2 Å². The quantitative estimate of drug-likeness (QED) is 0.863. The first-order valence-corrected chi connectivity index (χ1v) is 6.28. The molecule has 1 N–H and O–H groups in total. The minimum absolute atomic E-state index is 0.499. The molecule has 0 aromatic heterocycles. The fraction of sp³-hybridized carbons (Fsp3) is 0.250. The summed E-state index contributed by atoms with van der Waals surface area (Å²) < 4.78 is 28.5. The van der Waals surface area contributed by atoms with E-state index in [1.807, 2.05) is 19.1 Å². The van der Waals surface area contributed by atoms with Crippen molar-refractivity contribution in [3.8, 4) is 0 Å². The van der Waals surface area contributed by atoms with Gasteiger partial charge in [-0.1, -0.05) is 19.1 Å². The number of rotatable bonds is 4. The number of nitrogens with one attached hydrogen (secondary N) is 1. The van der Waals surface area contributed by atoms with E-state index in [0.29, 0.717) is 5.69 Å². The summed E-state index contributed by atoms with van der Waals surface area (Å²) in [7, 11) is -3.66. The molecule has 0 fully saturated rings. The maximum Gasteiger partial charge on any atom is 0.369 e. The molecule has 78 valence electrons. The molecule has 0 aliphatic heterocycles. The van der Waals surface area contributed by atoms with Crippen LogP contribution in [0.3, 0.4) is 0 Å². The third-order valence-electron chi connectivity index (χ3n) is 1.69. The monoisotopic (exact) mass is 327 g/mol. The summed E-state index contributed by atoms with van der Waals surface area (Å²) >= 11 is 1.32. The lowest BCUT2D eigenvalue weighted by atomic mass is 10.2. The molecule has 0 saturated carbocycles. The third kappa shape index (κ3) is 3.43. The van der Waals surface area contributed by atoms with Crippen LogP contribution in [0.2, 0.25) is 0 Å². The second-order valence-electron chi connectivity index (χ2n) is 2.67. The zero-order valence-corrected chi connectivity index (χ0v) is 10.5. The Balaban J connectivity index is 2.79. The molecule has 0 aliphatic carbocycles. The van der Waals surface area contributed by atoms with Gasteiger partial charge in [0.15, 0.2) is 0 Å². The molecule has 6 heteroatoms. The molecule has 0 spiro atoms. The Bertz CT molecular complexity index is 388. The molecule has 14 heavy (non-hydrogen) atoms. The van der Waals surface area contributed by atoms with Crippen molar-refractivity contribution in [2.45, 2.75) is 13.3 Å². The summed E-state index contributed by atoms with van der Waals surface area (Å²) in [4.78, 5) is 0. The van der Waals surface area contributed by atoms with E-state index in [9.17, 15) is 8.42 Å². The number of halogens is 1. The lowest BCUT2D eigenvalue weighted by Gasteiger charge is -2.04. The van der Waals surface area contributed by atoms with E-state index in [1.165, 1.54) is 23.0 Å². The summed E-state index contributed by atoms with van der Waals surface area (Å²) in [6.45, 7) is 2.03. The lowest BCUT2D eigenvalue weighted by Crippen LogP contribution is -2.11. The molecule has 4 nitrogen and oxygen atoms in total. The highest BCUT2D eigenvalue weighted by Crippen LogP contribution is 2.13. The average molecular weight is 327 g/mol. The Hall–Kier alpha value is -0.340. The SMILES string of the molecule is CCc1ccc(NS(=O)(=O)OI)cc1. The minimum Gasteiger partial charge on any atom is -0.260 e. The van der Waals surface area contributed by atoms with Crippen molar-refractivity contribution >= 4 is 39.0 Å². The van der Waals surface area contributed by atoms with E-state index in [1.54, 1.807) is 12.1 Å². The largest absolute Gasteiger partial charge is 0.369 e. The van der Waals surface area contributed by atoms with Crippen LogP contribution in [0.25, 0.3) is 0 Å². The van der Waals surface area contributed by atoms with Crippen LogP contribution >= 0.6 is 23.0 Å². The second-order valence-corrected chi connectivity index (χ2v) is 4.99. The molecular formula is C8H10INO3S. The van der Waals surface area contributed by atoms with Crippen LogP contribution in [0.5, 0.6) is 0 Å². The number of hydrogen-bond acceptors (Lipinski definition) is 3. The molecule has 1 aromatic carbocycles. The Morgan fingerprint density at radius 1 is 1.36 bits per heavy atom. The zero-order valence-electron chi connectivity index (χ0n) is 7.53. The maximum atomic E-state index is 11.0. The van der Waals surface area contributed by atoms with E-state index in [0.717, 1.165) is 12.0 Å². The van der Waals surface area contributed by atoms with Gasteiger partial charge in [0.1, 0.15) is 23.0 Å². The number of benzene rings is 1. The molecule has 0 aliphatic rings. The molecule has 1 rings (SSSR count). The molecule has 0 unspecified atom stereocenters. The van der Waals surface area contributed by atoms with Gasteiger partial charge in [-0.2, -0.15) is 10.9 Å². The first-order chi connectivity index (χ1) is 6.57. The van der Waals surface area contributed by atoms with Crippen LogP contribution in [0.4, 0.5) is 5.69 Å². The van der Waals surface area contributed by atoms with Crippen LogP contribution in [-0.4, -0.2) is 8.42 Å². The van der Waals surface area contributed by atoms with Crippen molar-refractivity contribution in [1.29, 1.82) is 0 Å². The highest BCUT2D eigenvalue weighted by atomic mass is 127. The Labute approximate surface area is 97.6 Å². The summed E-state index contributed by atoms with van der Waals surface area (Å²) in [5.41, 5.74) is 1.65.